The zero-order valence-corrected chi connectivity index (χ0v) is 17.4. The van der Waals surface area contributed by atoms with Gasteiger partial charge in [0.15, 0.2) is 0 Å². The molecule has 2 aromatic carbocycles. The molecule has 1 unspecified atom stereocenters. The summed E-state index contributed by atoms with van der Waals surface area (Å²) in [6.07, 6.45) is 7.93. The molecule has 5 rings (SSSR count). The summed E-state index contributed by atoms with van der Waals surface area (Å²) in [6, 6.07) is 23.6. The predicted molar refractivity (Wildman–Crippen MR) is 124 cm³/mol. The van der Waals surface area contributed by atoms with E-state index in [1.807, 2.05) is 29.2 Å². The number of benzene rings is 2. The lowest BCUT2D eigenvalue weighted by atomic mass is 10.00. The van der Waals surface area contributed by atoms with Crippen molar-refractivity contribution in [2.24, 2.45) is 0 Å². The third-order valence-electron chi connectivity index (χ3n) is 5.58. The molecule has 1 fully saturated rings. The van der Waals surface area contributed by atoms with Crippen LogP contribution in [0, 0.1) is 0 Å². The van der Waals surface area contributed by atoms with Gasteiger partial charge in [-0.15, -0.1) is 0 Å². The molecule has 1 aliphatic heterocycles. The molecule has 0 saturated carbocycles. The van der Waals surface area contributed by atoms with Crippen LogP contribution >= 0.6 is 0 Å². The standard InChI is InChI=1S/C26H26N4O/c1-2-7-21(8-3-1)22-14-23(16-25(15-22)28-24-9-5-13-31-19-24)26-10-12-30(29-26)18-20-6-4-11-27-17-20/h1-4,6-8,10-12,14-17,24,28H,5,9,13,18-19H2. The van der Waals surface area contributed by atoms with Crippen LogP contribution in [0.1, 0.15) is 18.4 Å². The number of anilines is 1. The fraction of sp³-hybridized carbons (Fsp3) is 0.231. The lowest BCUT2D eigenvalue weighted by Crippen LogP contribution is -2.29. The summed E-state index contributed by atoms with van der Waals surface area (Å²) in [4.78, 5) is 4.20. The van der Waals surface area contributed by atoms with Crippen LogP contribution in [0.2, 0.25) is 0 Å². The number of pyridine rings is 1. The number of nitrogens with zero attached hydrogens (tertiary/aromatic N) is 3. The van der Waals surface area contributed by atoms with Gasteiger partial charge in [-0.05, 0) is 59.9 Å². The summed E-state index contributed by atoms with van der Waals surface area (Å²) in [5.41, 5.74) is 6.68. The molecule has 1 saturated heterocycles. The number of hydrogen-bond donors (Lipinski definition) is 1. The summed E-state index contributed by atoms with van der Waals surface area (Å²) in [5.74, 6) is 0. The maximum Gasteiger partial charge on any atom is 0.0924 e. The normalized spacial score (nSPS) is 16.2. The monoisotopic (exact) mass is 410 g/mol. The molecule has 4 aromatic rings. The molecule has 156 valence electrons. The van der Waals surface area contributed by atoms with Gasteiger partial charge in [0.2, 0.25) is 0 Å². The summed E-state index contributed by atoms with van der Waals surface area (Å²) in [6.45, 7) is 2.32. The molecule has 5 heteroatoms. The van der Waals surface area contributed by atoms with Crippen molar-refractivity contribution in [3.63, 3.8) is 0 Å². The van der Waals surface area contributed by atoms with E-state index < -0.39 is 0 Å². The number of nitrogens with one attached hydrogen (secondary N) is 1. The summed E-state index contributed by atoms with van der Waals surface area (Å²) in [7, 11) is 0. The molecular weight excluding hydrogens is 384 g/mol. The minimum absolute atomic E-state index is 0.343. The average molecular weight is 411 g/mol. The lowest BCUT2D eigenvalue weighted by Gasteiger charge is -2.24. The van der Waals surface area contributed by atoms with E-state index in [0.29, 0.717) is 12.6 Å². The molecule has 0 aliphatic carbocycles. The third-order valence-corrected chi connectivity index (χ3v) is 5.58. The van der Waals surface area contributed by atoms with Gasteiger partial charge in [-0.1, -0.05) is 36.4 Å². The Morgan fingerprint density at radius 2 is 1.87 bits per heavy atom. The van der Waals surface area contributed by atoms with E-state index in [9.17, 15) is 0 Å². The summed E-state index contributed by atoms with van der Waals surface area (Å²) in [5, 5.41) is 8.51. The maximum absolute atomic E-state index is 5.66. The van der Waals surface area contributed by atoms with Gasteiger partial charge in [-0.3, -0.25) is 9.67 Å². The van der Waals surface area contributed by atoms with Crippen LogP contribution in [0.3, 0.4) is 0 Å². The second-order valence-electron chi connectivity index (χ2n) is 7.98. The summed E-state index contributed by atoms with van der Waals surface area (Å²) < 4.78 is 7.62. The zero-order chi connectivity index (χ0) is 20.9. The van der Waals surface area contributed by atoms with Crippen LogP contribution in [0.25, 0.3) is 22.4 Å². The Hall–Kier alpha value is -3.44. The van der Waals surface area contributed by atoms with Crippen LogP contribution in [0.4, 0.5) is 5.69 Å². The van der Waals surface area contributed by atoms with Crippen molar-refractivity contribution in [3.05, 3.63) is 90.9 Å². The average Bonchev–Trinajstić information content (AvgIpc) is 3.29. The quantitative estimate of drug-likeness (QED) is 0.472. The Kier molecular flexibility index (Phi) is 5.76. The van der Waals surface area contributed by atoms with Crippen LogP contribution in [0.15, 0.2) is 85.3 Å². The Balaban J connectivity index is 1.46. The minimum Gasteiger partial charge on any atom is -0.380 e. The summed E-state index contributed by atoms with van der Waals surface area (Å²) >= 11 is 0. The van der Waals surface area contributed by atoms with E-state index in [-0.39, 0.29) is 0 Å². The highest BCUT2D eigenvalue weighted by atomic mass is 16.5. The molecule has 1 N–H and O–H groups in total. The number of ether oxygens (including phenoxy) is 1. The van der Waals surface area contributed by atoms with Crippen molar-refractivity contribution < 1.29 is 4.74 Å². The van der Waals surface area contributed by atoms with E-state index >= 15 is 0 Å². The van der Waals surface area contributed by atoms with Gasteiger partial charge in [-0.2, -0.15) is 5.10 Å². The smallest absolute Gasteiger partial charge is 0.0924 e. The Bertz CT molecular complexity index is 1120. The van der Waals surface area contributed by atoms with Gasteiger partial charge < -0.3 is 10.1 Å². The van der Waals surface area contributed by atoms with Crippen molar-refractivity contribution in [2.75, 3.05) is 18.5 Å². The van der Waals surface area contributed by atoms with Gasteiger partial charge in [0.1, 0.15) is 0 Å². The predicted octanol–water partition coefficient (Wildman–Crippen LogP) is 5.25. The molecule has 0 radical (unpaired) electrons. The lowest BCUT2D eigenvalue weighted by molar-refractivity contribution is 0.0876. The first-order valence-electron chi connectivity index (χ1n) is 10.8. The fourth-order valence-corrected chi connectivity index (χ4v) is 4.03. The highest BCUT2D eigenvalue weighted by Gasteiger charge is 2.15. The van der Waals surface area contributed by atoms with Crippen LogP contribution in [0.5, 0.6) is 0 Å². The van der Waals surface area contributed by atoms with Crippen LogP contribution in [-0.4, -0.2) is 34.0 Å². The molecule has 31 heavy (non-hydrogen) atoms. The Morgan fingerprint density at radius 1 is 0.968 bits per heavy atom. The zero-order valence-electron chi connectivity index (χ0n) is 17.4. The van der Waals surface area contributed by atoms with Crippen molar-refractivity contribution >= 4 is 5.69 Å². The van der Waals surface area contributed by atoms with Gasteiger partial charge in [0, 0.05) is 42.5 Å². The third kappa shape index (κ3) is 4.84. The first kappa shape index (κ1) is 19.5. The first-order chi connectivity index (χ1) is 15.3. The molecule has 2 aromatic heterocycles. The number of hydrogen-bond acceptors (Lipinski definition) is 4. The topological polar surface area (TPSA) is 52.0 Å². The van der Waals surface area contributed by atoms with E-state index in [0.717, 1.165) is 48.6 Å². The Morgan fingerprint density at radius 3 is 2.68 bits per heavy atom. The fourth-order valence-electron chi connectivity index (χ4n) is 4.03. The van der Waals surface area contributed by atoms with Crippen LogP contribution < -0.4 is 5.32 Å². The first-order valence-corrected chi connectivity index (χ1v) is 10.8. The molecular formula is C26H26N4O. The molecule has 3 heterocycles. The maximum atomic E-state index is 5.66. The molecule has 1 atom stereocenters. The molecule has 0 amide bonds. The Labute approximate surface area is 182 Å². The highest BCUT2D eigenvalue weighted by molar-refractivity contribution is 5.76. The van der Waals surface area contributed by atoms with Crippen molar-refractivity contribution in [2.45, 2.75) is 25.4 Å². The van der Waals surface area contributed by atoms with Gasteiger partial charge in [-0.25, -0.2) is 0 Å². The van der Waals surface area contributed by atoms with E-state index in [4.69, 9.17) is 9.84 Å². The number of rotatable bonds is 6. The second kappa shape index (κ2) is 9.14. The van der Waals surface area contributed by atoms with Crippen molar-refractivity contribution in [1.29, 1.82) is 0 Å². The van der Waals surface area contributed by atoms with Crippen molar-refractivity contribution in [1.82, 2.24) is 14.8 Å². The van der Waals surface area contributed by atoms with Gasteiger partial charge in [0.05, 0.1) is 18.8 Å². The molecule has 0 spiro atoms. The van der Waals surface area contributed by atoms with Gasteiger partial charge in [0.25, 0.3) is 0 Å². The minimum atomic E-state index is 0.343. The number of aromatic nitrogens is 3. The second-order valence-corrected chi connectivity index (χ2v) is 7.98. The van der Waals surface area contributed by atoms with E-state index in [1.54, 1.807) is 6.20 Å². The molecule has 1 aliphatic rings. The van der Waals surface area contributed by atoms with Crippen molar-refractivity contribution in [3.8, 4) is 22.4 Å². The highest BCUT2D eigenvalue weighted by Crippen LogP contribution is 2.30. The van der Waals surface area contributed by atoms with E-state index in [2.05, 4.69) is 64.9 Å². The SMILES string of the molecule is c1ccc(-c2cc(NC3CCCOC3)cc(-c3ccn(Cc4cccnc4)n3)c2)cc1. The van der Waals surface area contributed by atoms with Gasteiger partial charge >= 0.3 is 0 Å². The molecule has 0 bridgehead atoms. The molecule has 5 nitrogen and oxygen atoms in total. The largest absolute Gasteiger partial charge is 0.380 e. The van der Waals surface area contributed by atoms with Crippen LogP contribution in [-0.2, 0) is 11.3 Å². The van der Waals surface area contributed by atoms with E-state index in [1.165, 1.54) is 11.1 Å².